The quantitative estimate of drug-likeness (QED) is 0.765. The fraction of sp³-hybridized carbons (Fsp3) is 0.250. The van der Waals surface area contributed by atoms with Crippen molar-refractivity contribution in [2.24, 2.45) is 5.92 Å². The van der Waals surface area contributed by atoms with Gasteiger partial charge in [-0.05, 0) is 49.6 Å². The van der Waals surface area contributed by atoms with E-state index < -0.39 is 11.6 Å². The van der Waals surface area contributed by atoms with Crippen LogP contribution in [-0.4, -0.2) is 27.6 Å². The summed E-state index contributed by atoms with van der Waals surface area (Å²) in [6, 6.07) is 7.52. The number of aromatic amines is 1. The largest absolute Gasteiger partial charge is 0.297 e. The number of aromatic nitrogens is 3. The summed E-state index contributed by atoms with van der Waals surface area (Å²) in [5, 5.41) is 7.33. The van der Waals surface area contributed by atoms with Gasteiger partial charge in [-0.1, -0.05) is 6.07 Å². The van der Waals surface area contributed by atoms with E-state index in [-0.39, 0.29) is 11.8 Å². The first-order valence-corrected chi connectivity index (χ1v) is 8.75. The Morgan fingerprint density at radius 3 is 2.70 bits per heavy atom. The number of pyridine rings is 1. The van der Waals surface area contributed by atoms with Gasteiger partial charge in [0, 0.05) is 36.0 Å². The van der Waals surface area contributed by atoms with Crippen LogP contribution in [0.15, 0.2) is 42.7 Å². The number of amides is 1. The minimum Gasteiger partial charge on any atom is -0.297 e. The number of halogens is 2. The summed E-state index contributed by atoms with van der Waals surface area (Å²) >= 11 is 0. The van der Waals surface area contributed by atoms with Crippen molar-refractivity contribution in [2.45, 2.75) is 19.8 Å². The van der Waals surface area contributed by atoms with Gasteiger partial charge < -0.3 is 0 Å². The van der Waals surface area contributed by atoms with Crippen molar-refractivity contribution in [3.8, 4) is 11.3 Å². The maximum absolute atomic E-state index is 13.4. The Balaban J connectivity index is 1.54. The van der Waals surface area contributed by atoms with E-state index in [9.17, 15) is 13.6 Å². The van der Waals surface area contributed by atoms with E-state index in [1.54, 1.807) is 17.3 Å². The summed E-state index contributed by atoms with van der Waals surface area (Å²) in [5.74, 6) is -1.38. The molecule has 0 unspecified atom stereocenters. The predicted molar refractivity (Wildman–Crippen MR) is 97.1 cm³/mol. The summed E-state index contributed by atoms with van der Waals surface area (Å²) in [7, 11) is 0. The van der Waals surface area contributed by atoms with E-state index >= 15 is 0 Å². The molecular formula is C20H18F2N4O. The molecule has 5 nitrogen and oxygen atoms in total. The first-order valence-electron chi connectivity index (χ1n) is 8.75. The van der Waals surface area contributed by atoms with Crippen LogP contribution in [0.1, 0.15) is 17.5 Å². The molecule has 0 aliphatic carbocycles. The van der Waals surface area contributed by atoms with Gasteiger partial charge in [0.25, 0.3) is 0 Å². The number of rotatable bonds is 4. The molecule has 1 fully saturated rings. The van der Waals surface area contributed by atoms with Crippen molar-refractivity contribution < 1.29 is 13.6 Å². The second kappa shape index (κ2) is 6.90. The highest BCUT2D eigenvalue weighted by Crippen LogP contribution is 2.32. The molecule has 3 aromatic rings. The highest BCUT2D eigenvalue weighted by Gasteiger charge is 2.34. The van der Waals surface area contributed by atoms with Gasteiger partial charge in [0.1, 0.15) is 5.82 Å². The normalized spacial score (nSPS) is 16.9. The van der Waals surface area contributed by atoms with Crippen molar-refractivity contribution in [1.29, 1.82) is 0 Å². The van der Waals surface area contributed by atoms with E-state index in [1.807, 2.05) is 19.1 Å². The Kier molecular flexibility index (Phi) is 4.43. The molecule has 0 radical (unpaired) electrons. The summed E-state index contributed by atoms with van der Waals surface area (Å²) in [6.07, 6.45) is 4.43. The summed E-state index contributed by atoms with van der Waals surface area (Å²) in [6.45, 7) is 2.48. The van der Waals surface area contributed by atoms with Crippen molar-refractivity contribution in [2.75, 3.05) is 11.4 Å². The smallest absolute Gasteiger partial charge is 0.231 e. The summed E-state index contributed by atoms with van der Waals surface area (Å²) in [4.78, 5) is 18.6. The first kappa shape index (κ1) is 17.3. The van der Waals surface area contributed by atoms with E-state index in [4.69, 9.17) is 0 Å². The highest BCUT2D eigenvalue weighted by molar-refractivity contribution is 5.97. The molecule has 1 amide bonds. The lowest BCUT2D eigenvalue weighted by atomic mass is 9.98. The summed E-state index contributed by atoms with van der Waals surface area (Å²) < 4.78 is 26.5. The molecule has 2 aromatic heterocycles. The van der Waals surface area contributed by atoms with Crippen LogP contribution in [-0.2, 0) is 11.2 Å². The highest BCUT2D eigenvalue weighted by atomic mass is 19.2. The zero-order valence-electron chi connectivity index (χ0n) is 14.7. The van der Waals surface area contributed by atoms with Gasteiger partial charge in [0.05, 0.1) is 5.69 Å². The molecular weight excluding hydrogens is 350 g/mol. The van der Waals surface area contributed by atoms with Gasteiger partial charge in [-0.25, -0.2) is 8.78 Å². The molecule has 27 heavy (non-hydrogen) atoms. The van der Waals surface area contributed by atoms with Crippen molar-refractivity contribution in [3.05, 3.63) is 65.5 Å². The minimum atomic E-state index is -0.888. The predicted octanol–water partition coefficient (Wildman–Crippen LogP) is 3.65. The fourth-order valence-electron chi connectivity index (χ4n) is 3.54. The van der Waals surface area contributed by atoms with Gasteiger partial charge >= 0.3 is 0 Å². The molecule has 1 aliphatic rings. The lowest BCUT2D eigenvalue weighted by Crippen LogP contribution is -2.28. The number of carbonyl (C=O) groups excluding carboxylic acids is 1. The van der Waals surface area contributed by atoms with Gasteiger partial charge in [0.15, 0.2) is 11.6 Å². The monoisotopic (exact) mass is 368 g/mol. The van der Waals surface area contributed by atoms with Crippen LogP contribution in [0.25, 0.3) is 11.3 Å². The molecule has 1 saturated heterocycles. The number of carbonyl (C=O) groups is 1. The van der Waals surface area contributed by atoms with Gasteiger partial charge in [-0.3, -0.25) is 19.8 Å². The summed E-state index contributed by atoms with van der Waals surface area (Å²) in [5.41, 5.74) is 3.22. The van der Waals surface area contributed by atoms with Crippen LogP contribution in [0, 0.1) is 24.5 Å². The zero-order valence-corrected chi connectivity index (χ0v) is 14.7. The Hall–Kier alpha value is -3.09. The van der Waals surface area contributed by atoms with Gasteiger partial charge in [-0.2, -0.15) is 5.10 Å². The number of hydrogen-bond donors (Lipinski definition) is 1. The zero-order chi connectivity index (χ0) is 19.0. The Bertz CT molecular complexity index is 987. The van der Waals surface area contributed by atoms with E-state index in [2.05, 4.69) is 15.2 Å². The topological polar surface area (TPSA) is 61.9 Å². The van der Waals surface area contributed by atoms with Crippen molar-refractivity contribution >= 4 is 11.7 Å². The van der Waals surface area contributed by atoms with Crippen LogP contribution in [0.2, 0.25) is 0 Å². The number of nitrogens with zero attached hydrogens (tertiary/aromatic N) is 3. The molecule has 1 aliphatic heterocycles. The molecule has 0 spiro atoms. The Labute approximate surface area is 155 Å². The second-order valence-corrected chi connectivity index (χ2v) is 6.71. The number of nitrogens with one attached hydrogen (secondary N) is 1. The standard InChI is InChI=1S/C20H18F2N4O/c1-12-18(14-4-7-23-8-5-14)24-25-19(12)26-9-6-15(20(26)27)10-13-2-3-16(21)17(22)11-13/h2-5,7-8,11,15H,6,9-10H2,1H3,(H,24,25)/t15-/m1/s1. The van der Waals surface area contributed by atoms with Crippen LogP contribution in [0.5, 0.6) is 0 Å². The van der Waals surface area contributed by atoms with E-state index in [0.29, 0.717) is 30.8 Å². The van der Waals surface area contributed by atoms with Crippen molar-refractivity contribution in [1.82, 2.24) is 15.2 Å². The molecule has 138 valence electrons. The molecule has 3 heterocycles. The number of benzene rings is 1. The maximum Gasteiger partial charge on any atom is 0.231 e. The van der Waals surface area contributed by atoms with Crippen molar-refractivity contribution in [3.63, 3.8) is 0 Å². The number of hydrogen-bond acceptors (Lipinski definition) is 3. The molecule has 1 atom stereocenters. The number of anilines is 1. The average Bonchev–Trinajstić information content (AvgIpc) is 3.22. The van der Waals surface area contributed by atoms with E-state index in [1.165, 1.54) is 6.07 Å². The molecule has 7 heteroatoms. The number of H-pyrrole nitrogens is 1. The fourth-order valence-corrected chi connectivity index (χ4v) is 3.54. The third kappa shape index (κ3) is 3.20. The second-order valence-electron chi connectivity index (χ2n) is 6.71. The SMILES string of the molecule is Cc1c(-c2ccncc2)n[nH]c1N1CC[C@H](Cc2ccc(F)c(F)c2)C1=O. The molecule has 4 rings (SSSR count). The maximum atomic E-state index is 13.4. The Morgan fingerprint density at radius 2 is 1.96 bits per heavy atom. The molecule has 1 aromatic carbocycles. The van der Waals surface area contributed by atoms with E-state index in [0.717, 1.165) is 29.0 Å². The van der Waals surface area contributed by atoms with Crippen LogP contribution in [0.4, 0.5) is 14.6 Å². The van der Waals surface area contributed by atoms with Crippen LogP contribution >= 0.6 is 0 Å². The lowest BCUT2D eigenvalue weighted by molar-refractivity contribution is -0.120. The van der Waals surface area contributed by atoms with Crippen LogP contribution < -0.4 is 4.90 Å². The molecule has 0 bridgehead atoms. The first-order chi connectivity index (χ1) is 13.0. The third-order valence-corrected chi connectivity index (χ3v) is 4.99. The minimum absolute atomic E-state index is 0.0345. The lowest BCUT2D eigenvalue weighted by Gasteiger charge is -2.16. The molecule has 0 saturated carbocycles. The average molecular weight is 368 g/mol. The Morgan fingerprint density at radius 1 is 1.19 bits per heavy atom. The molecule has 1 N–H and O–H groups in total. The van der Waals surface area contributed by atoms with Crippen LogP contribution in [0.3, 0.4) is 0 Å². The third-order valence-electron chi connectivity index (χ3n) is 4.99. The van der Waals surface area contributed by atoms with Gasteiger partial charge in [-0.15, -0.1) is 0 Å². The van der Waals surface area contributed by atoms with Gasteiger partial charge in [0.2, 0.25) is 5.91 Å².